The average Bonchev–Trinajstić information content (AvgIpc) is 2.79. The van der Waals surface area contributed by atoms with Crippen LogP contribution < -0.4 is 0 Å². The van der Waals surface area contributed by atoms with Gasteiger partial charge in [0.2, 0.25) is 0 Å². The summed E-state index contributed by atoms with van der Waals surface area (Å²) in [6.45, 7) is 1.20. The number of alkyl halides is 3. The van der Waals surface area contributed by atoms with Crippen LogP contribution in [-0.2, 0) is 6.18 Å². The van der Waals surface area contributed by atoms with Gasteiger partial charge in [0.05, 0.1) is 11.3 Å². The quantitative estimate of drug-likeness (QED) is 0.596. The van der Waals surface area contributed by atoms with Gasteiger partial charge in [0.1, 0.15) is 0 Å². The van der Waals surface area contributed by atoms with Gasteiger partial charge in [-0.15, -0.1) is 0 Å². The minimum atomic E-state index is -4.40. The first-order valence-electron chi connectivity index (χ1n) is 9.76. The lowest BCUT2D eigenvalue weighted by Gasteiger charge is -2.32. The summed E-state index contributed by atoms with van der Waals surface area (Å²) < 4.78 is 39.2. The van der Waals surface area contributed by atoms with Crippen molar-refractivity contribution in [3.8, 4) is 11.3 Å². The largest absolute Gasteiger partial charge is 0.416 e. The van der Waals surface area contributed by atoms with Crippen LogP contribution in [0.4, 0.5) is 13.2 Å². The van der Waals surface area contributed by atoms with Crippen molar-refractivity contribution in [2.45, 2.75) is 24.9 Å². The van der Waals surface area contributed by atoms with Crippen molar-refractivity contribution in [3.05, 3.63) is 83.8 Å². The second-order valence-corrected chi connectivity index (χ2v) is 7.35. The Bertz CT molecular complexity index is 1040. The highest BCUT2D eigenvalue weighted by atomic mass is 19.4. The number of benzene rings is 1. The first-order valence-corrected chi connectivity index (χ1v) is 9.76. The highest BCUT2D eigenvalue weighted by Crippen LogP contribution is 2.33. The zero-order valence-electron chi connectivity index (χ0n) is 16.1. The Morgan fingerprint density at radius 1 is 1.03 bits per heavy atom. The van der Waals surface area contributed by atoms with E-state index in [1.807, 2.05) is 17.0 Å². The van der Waals surface area contributed by atoms with Crippen LogP contribution in [-0.4, -0.2) is 33.9 Å². The zero-order valence-corrected chi connectivity index (χ0v) is 16.1. The molecule has 1 amide bonds. The molecule has 0 unspecified atom stereocenters. The van der Waals surface area contributed by atoms with Crippen molar-refractivity contribution in [2.75, 3.05) is 13.1 Å². The maximum Gasteiger partial charge on any atom is 0.416 e. The summed E-state index contributed by atoms with van der Waals surface area (Å²) in [7, 11) is 0. The first-order chi connectivity index (χ1) is 14.4. The van der Waals surface area contributed by atoms with Crippen LogP contribution in [0.1, 0.15) is 40.4 Å². The van der Waals surface area contributed by atoms with Gasteiger partial charge < -0.3 is 4.90 Å². The van der Waals surface area contributed by atoms with E-state index in [2.05, 4.69) is 9.97 Å². The molecule has 0 saturated carbocycles. The summed E-state index contributed by atoms with van der Waals surface area (Å²) in [6, 6.07) is 14.0. The number of likely N-dealkylation sites (tertiary alicyclic amines) is 1. The third-order valence-corrected chi connectivity index (χ3v) is 5.31. The SMILES string of the molecule is O=C(c1ccncc1)N1CCC[C@H](c2cccc(-c3cccc(C(F)(F)F)c3)n2)C1. The number of carbonyl (C=O) groups excluding carboxylic acids is 1. The maximum atomic E-state index is 13.1. The van der Waals surface area contributed by atoms with E-state index in [-0.39, 0.29) is 11.8 Å². The van der Waals surface area contributed by atoms with Crippen molar-refractivity contribution in [1.29, 1.82) is 0 Å². The standard InChI is InChI=1S/C23H20F3N3O/c24-23(25,26)19-6-1-4-17(14-19)20-7-2-8-21(28-20)18-5-3-13-29(15-18)22(30)16-9-11-27-12-10-16/h1-2,4,6-12,14,18H,3,5,13,15H2/t18-/m0/s1. The molecule has 4 rings (SSSR count). The van der Waals surface area contributed by atoms with Gasteiger partial charge in [-0.05, 0) is 49.2 Å². The molecule has 0 N–H and O–H groups in total. The molecule has 0 bridgehead atoms. The van der Waals surface area contributed by atoms with Crippen LogP contribution in [0.2, 0.25) is 0 Å². The Morgan fingerprint density at radius 2 is 1.80 bits per heavy atom. The zero-order chi connectivity index (χ0) is 21.1. The van der Waals surface area contributed by atoms with Crippen LogP contribution in [0.3, 0.4) is 0 Å². The summed E-state index contributed by atoms with van der Waals surface area (Å²) in [5.41, 5.74) is 1.61. The highest BCUT2D eigenvalue weighted by Gasteiger charge is 2.31. The van der Waals surface area contributed by atoms with Gasteiger partial charge in [0.25, 0.3) is 5.91 Å². The fourth-order valence-electron chi connectivity index (χ4n) is 3.77. The Kier molecular flexibility index (Phi) is 5.53. The van der Waals surface area contributed by atoms with E-state index >= 15 is 0 Å². The van der Waals surface area contributed by atoms with Gasteiger partial charge >= 0.3 is 6.18 Å². The third kappa shape index (κ3) is 4.35. The number of amides is 1. The molecule has 3 aromatic rings. The molecule has 0 spiro atoms. The first kappa shape index (κ1) is 20.1. The smallest absolute Gasteiger partial charge is 0.338 e. The van der Waals surface area contributed by atoms with Gasteiger partial charge in [0.15, 0.2) is 0 Å². The summed E-state index contributed by atoms with van der Waals surface area (Å²) >= 11 is 0. The van der Waals surface area contributed by atoms with Crippen LogP contribution in [0.5, 0.6) is 0 Å². The second-order valence-electron chi connectivity index (χ2n) is 7.35. The van der Waals surface area contributed by atoms with E-state index in [1.165, 1.54) is 6.07 Å². The van der Waals surface area contributed by atoms with Crippen molar-refractivity contribution < 1.29 is 18.0 Å². The fourth-order valence-corrected chi connectivity index (χ4v) is 3.77. The maximum absolute atomic E-state index is 13.1. The molecule has 4 nitrogen and oxygen atoms in total. The van der Waals surface area contributed by atoms with Gasteiger partial charge in [-0.2, -0.15) is 13.2 Å². The Labute approximate surface area is 172 Å². The second kappa shape index (κ2) is 8.26. The molecule has 0 aliphatic carbocycles. The van der Waals surface area contributed by atoms with Crippen molar-refractivity contribution >= 4 is 5.91 Å². The van der Waals surface area contributed by atoms with E-state index in [1.54, 1.807) is 36.7 Å². The molecule has 1 aromatic carbocycles. The molecule has 2 aromatic heterocycles. The van der Waals surface area contributed by atoms with Crippen molar-refractivity contribution in [1.82, 2.24) is 14.9 Å². The molecule has 0 radical (unpaired) electrons. The lowest BCUT2D eigenvalue weighted by atomic mass is 9.93. The highest BCUT2D eigenvalue weighted by molar-refractivity contribution is 5.94. The summed E-state index contributed by atoms with van der Waals surface area (Å²) in [4.78, 5) is 23.2. The van der Waals surface area contributed by atoms with E-state index in [0.29, 0.717) is 29.9 Å². The summed E-state index contributed by atoms with van der Waals surface area (Å²) in [6.07, 6.45) is 0.504. The molecule has 1 saturated heterocycles. The molecule has 1 fully saturated rings. The van der Waals surface area contributed by atoms with E-state index in [4.69, 9.17) is 0 Å². The molecule has 3 heterocycles. The molecule has 30 heavy (non-hydrogen) atoms. The number of piperidine rings is 1. The van der Waals surface area contributed by atoms with Crippen LogP contribution >= 0.6 is 0 Å². The van der Waals surface area contributed by atoms with Gasteiger partial charge in [-0.1, -0.05) is 18.2 Å². The van der Waals surface area contributed by atoms with Gasteiger partial charge in [-0.25, -0.2) is 0 Å². The Balaban J connectivity index is 1.56. The molecular formula is C23H20F3N3O. The number of halogens is 3. The molecule has 1 aliphatic heterocycles. The van der Waals surface area contributed by atoms with Gasteiger partial charge in [0, 0.05) is 48.2 Å². The fraction of sp³-hybridized carbons (Fsp3) is 0.261. The molecule has 1 aliphatic rings. The van der Waals surface area contributed by atoms with Crippen molar-refractivity contribution in [3.63, 3.8) is 0 Å². The Morgan fingerprint density at radius 3 is 2.57 bits per heavy atom. The number of hydrogen-bond donors (Lipinski definition) is 0. The number of rotatable bonds is 3. The van der Waals surface area contributed by atoms with E-state index < -0.39 is 11.7 Å². The van der Waals surface area contributed by atoms with Gasteiger partial charge in [-0.3, -0.25) is 14.8 Å². The number of hydrogen-bond acceptors (Lipinski definition) is 3. The van der Waals surface area contributed by atoms with Crippen LogP contribution in [0.25, 0.3) is 11.3 Å². The lowest BCUT2D eigenvalue weighted by molar-refractivity contribution is -0.137. The number of carbonyl (C=O) groups is 1. The minimum absolute atomic E-state index is 0.0373. The van der Waals surface area contributed by atoms with Crippen LogP contribution in [0, 0.1) is 0 Å². The number of aromatic nitrogens is 2. The summed E-state index contributed by atoms with van der Waals surface area (Å²) in [5.74, 6) is -0.00795. The van der Waals surface area contributed by atoms with Crippen LogP contribution in [0.15, 0.2) is 67.0 Å². The average molecular weight is 411 g/mol. The molecular weight excluding hydrogens is 391 g/mol. The minimum Gasteiger partial charge on any atom is -0.338 e. The van der Waals surface area contributed by atoms with E-state index in [0.717, 1.165) is 30.7 Å². The van der Waals surface area contributed by atoms with Crippen molar-refractivity contribution in [2.24, 2.45) is 0 Å². The topological polar surface area (TPSA) is 46.1 Å². The predicted molar refractivity (Wildman–Crippen MR) is 107 cm³/mol. The number of nitrogens with zero attached hydrogens (tertiary/aromatic N) is 3. The monoisotopic (exact) mass is 411 g/mol. The third-order valence-electron chi connectivity index (χ3n) is 5.31. The Hall–Kier alpha value is -3.22. The lowest BCUT2D eigenvalue weighted by Crippen LogP contribution is -2.39. The molecule has 7 heteroatoms. The molecule has 154 valence electrons. The number of pyridine rings is 2. The normalized spacial score (nSPS) is 17.0. The summed E-state index contributed by atoms with van der Waals surface area (Å²) in [5, 5.41) is 0. The van der Waals surface area contributed by atoms with E-state index in [9.17, 15) is 18.0 Å². The molecule has 1 atom stereocenters. The predicted octanol–water partition coefficient (Wildman–Crippen LogP) is 5.18.